The van der Waals surface area contributed by atoms with Gasteiger partial charge >= 0.3 is 5.97 Å². The number of aliphatic hydroxyl groups excluding tert-OH is 1. The van der Waals surface area contributed by atoms with E-state index < -0.39 is 6.10 Å². The average molecular weight is 523 g/mol. The zero-order chi connectivity index (χ0) is 26.8. The number of halogens is 1. The van der Waals surface area contributed by atoms with Gasteiger partial charge in [0.05, 0.1) is 19.8 Å². The normalized spacial score (nSPS) is 25.3. The summed E-state index contributed by atoms with van der Waals surface area (Å²) in [5.74, 6) is 0.648. The minimum absolute atomic E-state index is 0.0986. The summed E-state index contributed by atoms with van der Waals surface area (Å²) < 4.78 is 29.7. The Kier molecular flexibility index (Phi) is 10.1. The molecule has 204 valence electrons. The van der Waals surface area contributed by atoms with Crippen molar-refractivity contribution < 1.29 is 28.5 Å². The van der Waals surface area contributed by atoms with E-state index >= 15 is 0 Å². The molecule has 0 aromatic heterocycles. The SMILES string of the molecule is COC(=O)CCC/C=C\C[C@@H]1[C@@H](/C=C/[C@@H](O)COc2ccc(F)cc2)[C@H]2C[C@]1(CCc1ccccc1)CO2. The Labute approximate surface area is 225 Å². The lowest BCUT2D eigenvalue weighted by atomic mass is 9.70. The molecule has 6 heteroatoms. The molecule has 1 aliphatic carbocycles. The van der Waals surface area contributed by atoms with Crippen molar-refractivity contribution in [3.8, 4) is 5.75 Å². The van der Waals surface area contributed by atoms with Crippen molar-refractivity contribution in [1.82, 2.24) is 0 Å². The topological polar surface area (TPSA) is 65.0 Å². The Balaban J connectivity index is 1.39. The molecule has 0 radical (unpaired) electrons. The molecule has 2 bridgehead atoms. The number of esters is 1. The second-order valence-corrected chi connectivity index (χ2v) is 10.5. The van der Waals surface area contributed by atoms with Gasteiger partial charge in [-0.1, -0.05) is 54.6 Å². The third-order valence-corrected chi connectivity index (χ3v) is 7.95. The van der Waals surface area contributed by atoms with Crippen LogP contribution >= 0.6 is 0 Å². The highest BCUT2D eigenvalue weighted by molar-refractivity contribution is 5.69. The monoisotopic (exact) mass is 522 g/mol. The van der Waals surface area contributed by atoms with E-state index in [2.05, 4.69) is 42.5 Å². The molecule has 1 saturated carbocycles. The van der Waals surface area contributed by atoms with E-state index in [4.69, 9.17) is 14.2 Å². The Morgan fingerprint density at radius 2 is 1.97 bits per heavy atom. The van der Waals surface area contributed by atoms with Gasteiger partial charge in [-0.3, -0.25) is 4.79 Å². The van der Waals surface area contributed by atoms with Crippen LogP contribution in [0.5, 0.6) is 5.75 Å². The Bertz CT molecular complexity index is 1070. The number of carbonyl (C=O) groups excluding carboxylic acids is 1. The Morgan fingerprint density at radius 1 is 1.18 bits per heavy atom. The number of fused-ring (bicyclic) bond motifs is 2. The lowest BCUT2D eigenvalue weighted by molar-refractivity contribution is -0.140. The molecule has 1 heterocycles. The van der Waals surface area contributed by atoms with E-state index in [0.29, 0.717) is 18.1 Å². The maximum Gasteiger partial charge on any atom is 0.305 e. The van der Waals surface area contributed by atoms with Crippen LogP contribution in [0, 0.1) is 23.1 Å². The largest absolute Gasteiger partial charge is 0.491 e. The number of hydrogen-bond acceptors (Lipinski definition) is 5. The van der Waals surface area contributed by atoms with Crippen LogP contribution in [0.1, 0.15) is 44.1 Å². The zero-order valence-electron chi connectivity index (χ0n) is 22.1. The maximum atomic E-state index is 13.1. The fourth-order valence-electron chi connectivity index (χ4n) is 5.88. The molecule has 2 aromatic carbocycles. The zero-order valence-corrected chi connectivity index (χ0v) is 22.1. The first kappa shape index (κ1) is 28.1. The highest BCUT2D eigenvalue weighted by Crippen LogP contribution is 2.58. The van der Waals surface area contributed by atoms with Crippen molar-refractivity contribution in [3.05, 3.63) is 90.3 Å². The average Bonchev–Trinajstić information content (AvgIpc) is 3.49. The van der Waals surface area contributed by atoms with Crippen LogP contribution in [0.15, 0.2) is 78.9 Å². The van der Waals surface area contributed by atoms with Gasteiger partial charge in [0.2, 0.25) is 0 Å². The number of carbonyl (C=O) groups is 1. The number of allylic oxidation sites excluding steroid dienone is 2. The summed E-state index contributed by atoms with van der Waals surface area (Å²) in [6.07, 6.45) is 13.8. The van der Waals surface area contributed by atoms with E-state index in [0.717, 1.165) is 45.1 Å². The molecule has 0 spiro atoms. The quantitative estimate of drug-likeness (QED) is 0.185. The third-order valence-electron chi connectivity index (χ3n) is 7.95. The Morgan fingerprint density at radius 3 is 2.74 bits per heavy atom. The number of ether oxygens (including phenoxy) is 3. The molecule has 2 aliphatic rings. The highest BCUT2D eigenvalue weighted by atomic mass is 19.1. The molecule has 0 amide bonds. The van der Waals surface area contributed by atoms with Gasteiger partial charge in [-0.15, -0.1) is 0 Å². The van der Waals surface area contributed by atoms with Gasteiger partial charge in [0, 0.05) is 17.8 Å². The van der Waals surface area contributed by atoms with Crippen LogP contribution in [0.3, 0.4) is 0 Å². The fraction of sp³-hybridized carbons (Fsp3) is 0.469. The molecule has 4 rings (SSSR count). The molecule has 5 nitrogen and oxygen atoms in total. The smallest absolute Gasteiger partial charge is 0.305 e. The van der Waals surface area contributed by atoms with E-state index in [1.54, 1.807) is 12.1 Å². The van der Waals surface area contributed by atoms with Gasteiger partial charge in [-0.2, -0.15) is 0 Å². The maximum absolute atomic E-state index is 13.1. The second kappa shape index (κ2) is 13.7. The van der Waals surface area contributed by atoms with E-state index in [-0.39, 0.29) is 35.8 Å². The molecule has 1 aliphatic heterocycles. The van der Waals surface area contributed by atoms with Crippen molar-refractivity contribution in [3.63, 3.8) is 0 Å². The predicted molar refractivity (Wildman–Crippen MR) is 145 cm³/mol. The predicted octanol–water partition coefficient (Wildman–Crippen LogP) is 6.07. The van der Waals surface area contributed by atoms with Crippen molar-refractivity contribution >= 4 is 5.97 Å². The molecule has 2 fully saturated rings. The molecule has 2 aromatic rings. The van der Waals surface area contributed by atoms with Gasteiger partial charge in [0.15, 0.2) is 0 Å². The van der Waals surface area contributed by atoms with Gasteiger partial charge < -0.3 is 19.3 Å². The van der Waals surface area contributed by atoms with Crippen molar-refractivity contribution in [2.45, 2.75) is 57.2 Å². The first-order valence-electron chi connectivity index (χ1n) is 13.6. The van der Waals surface area contributed by atoms with Crippen molar-refractivity contribution in [2.75, 3.05) is 20.3 Å². The fourth-order valence-corrected chi connectivity index (χ4v) is 5.88. The lowest BCUT2D eigenvalue weighted by Gasteiger charge is -2.38. The van der Waals surface area contributed by atoms with Gasteiger partial charge in [-0.25, -0.2) is 4.39 Å². The number of aryl methyl sites for hydroxylation is 1. The minimum atomic E-state index is -0.769. The van der Waals surface area contributed by atoms with Gasteiger partial charge in [0.1, 0.15) is 24.3 Å². The summed E-state index contributed by atoms with van der Waals surface area (Å²) in [7, 11) is 1.42. The Hall–Kier alpha value is -2.96. The molecule has 0 unspecified atom stereocenters. The highest BCUT2D eigenvalue weighted by Gasteiger charge is 2.56. The second-order valence-electron chi connectivity index (χ2n) is 10.5. The first-order chi connectivity index (χ1) is 18.5. The summed E-state index contributed by atoms with van der Waals surface area (Å²) in [5, 5.41) is 10.6. The number of hydrogen-bond donors (Lipinski definition) is 1. The van der Waals surface area contributed by atoms with E-state index in [1.807, 2.05) is 12.1 Å². The van der Waals surface area contributed by atoms with E-state index in [1.165, 1.54) is 24.8 Å². The summed E-state index contributed by atoms with van der Waals surface area (Å²) in [4.78, 5) is 11.4. The molecule has 5 atom stereocenters. The van der Waals surface area contributed by atoms with Crippen LogP contribution in [-0.2, 0) is 20.7 Å². The molecular weight excluding hydrogens is 483 g/mol. The van der Waals surface area contributed by atoms with Crippen LogP contribution in [0.2, 0.25) is 0 Å². The number of aliphatic hydroxyl groups is 1. The van der Waals surface area contributed by atoms with Crippen LogP contribution in [-0.4, -0.2) is 43.6 Å². The molecule has 38 heavy (non-hydrogen) atoms. The summed E-state index contributed by atoms with van der Waals surface area (Å²) in [6, 6.07) is 16.4. The summed E-state index contributed by atoms with van der Waals surface area (Å²) in [6.45, 7) is 0.871. The number of methoxy groups -OCH3 is 1. The lowest BCUT2D eigenvalue weighted by Crippen LogP contribution is -2.36. The van der Waals surface area contributed by atoms with Crippen molar-refractivity contribution in [2.24, 2.45) is 17.3 Å². The van der Waals surface area contributed by atoms with Crippen LogP contribution < -0.4 is 4.74 Å². The summed E-state index contributed by atoms with van der Waals surface area (Å²) in [5.41, 5.74) is 1.44. The molecule has 1 N–H and O–H groups in total. The van der Waals surface area contributed by atoms with Crippen LogP contribution in [0.4, 0.5) is 4.39 Å². The number of rotatable bonds is 14. The van der Waals surface area contributed by atoms with E-state index in [9.17, 15) is 14.3 Å². The number of benzene rings is 2. The van der Waals surface area contributed by atoms with Gasteiger partial charge in [0.25, 0.3) is 0 Å². The van der Waals surface area contributed by atoms with Crippen molar-refractivity contribution in [1.29, 1.82) is 0 Å². The molecular formula is C32H39FO5. The first-order valence-corrected chi connectivity index (χ1v) is 13.6. The van der Waals surface area contributed by atoms with Gasteiger partial charge in [-0.05, 0) is 74.3 Å². The number of unbranched alkanes of at least 4 members (excludes halogenated alkanes) is 1. The molecule has 1 saturated heterocycles. The van der Waals surface area contributed by atoms with Crippen LogP contribution in [0.25, 0.3) is 0 Å². The minimum Gasteiger partial charge on any atom is -0.491 e. The standard InChI is InChI=1S/C32H39FO5/c1-36-31(35)12-8-3-2-7-11-29-28(18-15-26(34)22-37-27-16-13-25(33)14-17-27)30-21-32(29,23-38-30)20-19-24-9-5-4-6-10-24/h2,4-7,9-10,13-18,26,28-30,34H,3,8,11-12,19-23H2,1H3/b7-2-,18-15+/t26-,28-,29-,30-,32-/m1/s1. The summed E-state index contributed by atoms with van der Waals surface area (Å²) >= 11 is 0. The third kappa shape index (κ3) is 7.55.